The fraction of sp³-hybridized carbons (Fsp3) is 0.562. The molecule has 0 amide bonds. The highest BCUT2D eigenvalue weighted by Crippen LogP contribution is 2.19. The molecule has 2 N–H and O–H groups in total. The average molecular weight is 275 g/mol. The lowest BCUT2D eigenvalue weighted by atomic mass is 10.2. The number of hydrogen-bond donors (Lipinski definition) is 2. The number of hydrogen-bond acceptors (Lipinski definition) is 3. The largest absolute Gasteiger partial charge is 0.494 e. The number of nitrogens with zero attached hydrogens (tertiary/aromatic N) is 1. The smallest absolute Gasteiger partial charge is 0.121 e. The molecular weight excluding hydrogens is 250 g/mol. The van der Waals surface area contributed by atoms with Crippen molar-refractivity contribution in [1.29, 1.82) is 0 Å². The molecule has 0 radical (unpaired) electrons. The van der Waals surface area contributed by atoms with Crippen molar-refractivity contribution in [1.82, 2.24) is 15.3 Å². The normalized spacial score (nSPS) is 11.4. The summed E-state index contributed by atoms with van der Waals surface area (Å²) in [4.78, 5) is 7.97. The Morgan fingerprint density at radius 3 is 2.95 bits per heavy atom. The van der Waals surface area contributed by atoms with E-state index < -0.39 is 0 Å². The first kappa shape index (κ1) is 14.9. The van der Waals surface area contributed by atoms with E-state index in [2.05, 4.69) is 36.1 Å². The number of aromatic amines is 1. The minimum absolute atomic E-state index is 0.684. The Morgan fingerprint density at radius 1 is 1.35 bits per heavy atom. The van der Waals surface area contributed by atoms with Crippen LogP contribution in [0.2, 0.25) is 0 Å². The zero-order chi connectivity index (χ0) is 14.4. The van der Waals surface area contributed by atoms with E-state index in [0.29, 0.717) is 5.92 Å². The molecule has 110 valence electrons. The fourth-order valence-electron chi connectivity index (χ4n) is 2.07. The van der Waals surface area contributed by atoms with Crippen LogP contribution in [0.15, 0.2) is 18.2 Å². The molecule has 0 aliphatic carbocycles. The van der Waals surface area contributed by atoms with Crippen molar-refractivity contribution in [2.45, 2.75) is 33.6 Å². The van der Waals surface area contributed by atoms with Gasteiger partial charge in [-0.25, -0.2) is 4.98 Å². The van der Waals surface area contributed by atoms with Gasteiger partial charge in [-0.05, 0) is 31.0 Å². The summed E-state index contributed by atoms with van der Waals surface area (Å²) in [5.41, 5.74) is 2.06. The van der Waals surface area contributed by atoms with E-state index in [9.17, 15) is 0 Å². The van der Waals surface area contributed by atoms with Gasteiger partial charge < -0.3 is 15.0 Å². The van der Waals surface area contributed by atoms with Crippen molar-refractivity contribution < 1.29 is 4.74 Å². The second-order valence-electron chi connectivity index (χ2n) is 5.56. The number of benzene rings is 1. The predicted molar refractivity (Wildman–Crippen MR) is 83.3 cm³/mol. The predicted octanol–water partition coefficient (Wildman–Crippen LogP) is 3.14. The number of fused-ring (bicyclic) bond motifs is 1. The van der Waals surface area contributed by atoms with Crippen LogP contribution in [0.3, 0.4) is 0 Å². The lowest BCUT2D eigenvalue weighted by Gasteiger charge is -2.05. The van der Waals surface area contributed by atoms with Crippen molar-refractivity contribution >= 4 is 11.0 Å². The molecule has 0 atom stereocenters. The first-order valence-corrected chi connectivity index (χ1v) is 7.51. The van der Waals surface area contributed by atoms with Gasteiger partial charge in [-0.15, -0.1) is 0 Å². The minimum atomic E-state index is 0.684. The fourth-order valence-corrected chi connectivity index (χ4v) is 2.07. The maximum Gasteiger partial charge on any atom is 0.121 e. The number of aromatic nitrogens is 2. The molecular formula is C16H25N3O. The van der Waals surface area contributed by atoms with Gasteiger partial charge in [0, 0.05) is 19.0 Å². The maximum absolute atomic E-state index is 5.64. The second kappa shape index (κ2) is 7.29. The third kappa shape index (κ3) is 4.23. The molecule has 4 nitrogen and oxygen atoms in total. The lowest BCUT2D eigenvalue weighted by molar-refractivity contribution is 0.318. The summed E-state index contributed by atoms with van der Waals surface area (Å²) in [7, 11) is 0. The molecule has 0 saturated carbocycles. The highest BCUT2D eigenvalue weighted by atomic mass is 16.5. The Kier molecular flexibility index (Phi) is 5.41. The van der Waals surface area contributed by atoms with Crippen LogP contribution in [0.4, 0.5) is 0 Å². The minimum Gasteiger partial charge on any atom is -0.494 e. The number of ether oxygens (including phenoxy) is 1. The van der Waals surface area contributed by atoms with Gasteiger partial charge in [0.25, 0.3) is 0 Å². The number of nitrogens with one attached hydrogen (secondary N) is 2. The topological polar surface area (TPSA) is 49.9 Å². The van der Waals surface area contributed by atoms with E-state index in [0.717, 1.165) is 55.1 Å². The van der Waals surface area contributed by atoms with Crippen molar-refractivity contribution in [3.63, 3.8) is 0 Å². The summed E-state index contributed by atoms with van der Waals surface area (Å²) in [6.07, 6.45) is 1.94. The lowest BCUT2D eigenvalue weighted by Crippen LogP contribution is -2.22. The molecule has 0 fully saturated rings. The standard InChI is InChI=1S/C16H25N3O/c1-4-9-20-13-5-6-14-15(10-13)19-16(18-14)7-8-17-11-12(2)3/h5-6,10,12,17H,4,7-9,11H2,1-3H3,(H,18,19). The van der Waals surface area contributed by atoms with Gasteiger partial charge in [0.1, 0.15) is 11.6 Å². The van der Waals surface area contributed by atoms with Crippen molar-refractivity contribution in [2.24, 2.45) is 5.92 Å². The Hall–Kier alpha value is -1.55. The van der Waals surface area contributed by atoms with Gasteiger partial charge in [-0.2, -0.15) is 0 Å². The van der Waals surface area contributed by atoms with Crippen LogP contribution in [0.25, 0.3) is 11.0 Å². The molecule has 0 unspecified atom stereocenters. The van der Waals surface area contributed by atoms with Crippen LogP contribution in [-0.2, 0) is 6.42 Å². The molecule has 0 saturated heterocycles. The molecule has 1 heterocycles. The molecule has 4 heteroatoms. The number of rotatable bonds is 8. The van der Waals surface area contributed by atoms with Crippen LogP contribution in [-0.4, -0.2) is 29.7 Å². The van der Waals surface area contributed by atoms with Crippen molar-refractivity contribution in [3.8, 4) is 5.75 Å². The van der Waals surface area contributed by atoms with Gasteiger partial charge in [0.2, 0.25) is 0 Å². The van der Waals surface area contributed by atoms with Crippen LogP contribution >= 0.6 is 0 Å². The molecule has 2 aromatic rings. The number of imidazole rings is 1. The van der Waals surface area contributed by atoms with E-state index in [4.69, 9.17) is 4.74 Å². The van der Waals surface area contributed by atoms with E-state index in [1.54, 1.807) is 0 Å². The van der Waals surface area contributed by atoms with Crippen molar-refractivity contribution in [3.05, 3.63) is 24.0 Å². The highest BCUT2D eigenvalue weighted by molar-refractivity contribution is 5.76. The van der Waals surface area contributed by atoms with E-state index in [1.807, 2.05) is 18.2 Å². The van der Waals surface area contributed by atoms with E-state index in [-0.39, 0.29) is 0 Å². The molecule has 2 rings (SSSR count). The zero-order valence-corrected chi connectivity index (χ0v) is 12.7. The monoisotopic (exact) mass is 275 g/mol. The van der Waals surface area contributed by atoms with Crippen molar-refractivity contribution in [2.75, 3.05) is 19.7 Å². The van der Waals surface area contributed by atoms with Gasteiger partial charge in [-0.3, -0.25) is 0 Å². The van der Waals surface area contributed by atoms with Crippen LogP contribution in [0.5, 0.6) is 5.75 Å². The molecule has 20 heavy (non-hydrogen) atoms. The first-order valence-electron chi connectivity index (χ1n) is 7.51. The molecule has 0 bridgehead atoms. The summed E-state index contributed by atoms with van der Waals surface area (Å²) in [6.45, 7) is 9.30. The second-order valence-corrected chi connectivity index (χ2v) is 5.56. The van der Waals surface area contributed by atoms with Gasteiger partial charge in [-0.1, -0.05) is 20.8 Å². The zero-order valence-electron chi connectivity index (χ0n) is 12.7. The summed E-state index contributed by atoms with van der Waals surface area (Å²) < 4.78 is 5.64. The highest BCUT2D eigenvalue weighted by Gasteiger charge is 2.04. The van der Waals surface area contributed by atoms with Gasteiger partial charge >= 0.3 is 0 Å². The first-order chi connectivity index (χ1) is 9.69. The molecule has 0 spiro atoms. The van der Waals surface area contributed by atoms with Crippen LogP contribution in [0.1, 0.15) is 33.0 Å². The van der Waals surface area contributed by atoms with E-state index in [1.165, 1.54) is 0 Å². The Labute approximate surface area is 120 Å². The third-order valence-electron chi connectivity index (χ3n) is 3.07. The summed E-state index contributed by atoms with van der Waals surface area (Å²) in [5.74, 6) is 2.63. The quantitative estimate of drug-likeness (QED) is 0.728. The van der Waals surface area contributed by atoms with Gasteiger partial charge in [0.15, 0.2) is 0 Å². The molecule has 1 aromatic heterocycles. The Morgan fingerprint density at radius 2 is 2.20 bits per heavy atom. The van der Waals surface area contributed by atoms with E-state index >= 15 is 0 Å². The summed E-state index contributed by atoms with van der Waals surface area (Å²) in [5, 5.41) is 3.43. The summed E-state index contributed by atoms with van der Waals surface area (Å²) in [6, 6.07) is 6.03. The summed E-state index contributed by atoms with van der Waals surface area (Å²) >= 11 is 0. The average Bonchev–Trinajstić information content (AvgIpc) is 2.83. The Bertz CT molecular complexity index is 534. The SMILES string of the molecule is CCCOc1ccc2nc(CCNCC(C)C)[nH]c2c1. The van der Waals surface area contributed by atoms with Crippen LogP contribution < -0.4 is 10.1 Å². The molecule has 0 aliphatic heterocycles. The van der Waals surface area contributed by atoms with Gasteiger partial charge in [0.05, 0.1) is 17.6 Å². The maximum atomic E-state index is 5.64. The molecule has 0 aliphatic rings. The third-order valence-corrected chi connectivity index (χ3v) is 3.07. The number of H-pyrrole nitrogens is 1. The Balaban J connectivity index is 1.94. The van der Waals surface area contributed by atoms with Crippen LogP contribution in [0, 0.1) is 5.92 Å². The molecule has 1 aromatic carbocycles.